The first-order valence-electron chi connectivity index (χ1n) is 13.6. The van der Waals surface area contributed by atoms with Crippen LogP contribution in [0.2, 0.25) is 0 Å². The molecule has 1 aliphatic heterocycles. The Labute approximate surface area is 252 Å². The molecule has 0 radical (unpaired) electrons. The number of likely N-dealkylation sites (N-methyl/N-ethyl adjacent to an activating group) is 1. The minimum Gasteiger partial charge on any atom is -0.489 e. The number of carbonyl (C=O) groups excluding carboxylic acids is 3. The Morgan fingerprint density at radius 1 is 1.11 bits per heavy atom. The lowest BCUT2D eigenvalue weighted by molar-refractivity contribution is -0.149. The van der Waals surface area contributed by atoms with E-state index in [0.717, 1.165) is 0 Å². The largest absolute Gasteiger partial charge is 0.489 e. The molecular weight excluding hydrogens is 573 g/mol. The first-order valence-corrected chi connectivity index (χ1v) is 13.6. The van der Waals surface area contributed by atoms with Gasteiger partial charge in [-0.15, -0.1) is 0 Å². The summed E-state index contributed by atoms with van der Waals surface area (Å²) in [5.41, 5.74) is 0.301. The van der Waals surface area contributed by atoms with E-state index >= 15 is 0 Å². The van der Waals surface area contributed by atoms with E-state index in [1.54, 1.807) is 45.2 Å². The number of ether oxygens (including phenoxy) is 3. The number of pyridine rings is 1. The molecule has 1 unspecified atom stereocenters. The van der Waals surface area contributed by atoms with Crippen molar-refractivity contribution >= 4 is 29.4 Å². The predicted octanol–water partition coefficient (Wildman–Crippen LogP) is 3.95. The van der Waals surface area contributed by atoms with Crippen LogP contribution >= 0.6 is 0 Å². The number of benzene rings is 2. The number of halogens is 1. The number of amides is 2. The standard InChI is InChI=1S/C32H30FN3O8/c1-32(2,19-43-29(39)11-10-28(37)38)14-12-20-4-9-27-26(16-20)36(3)31(41)25(18-42-27)35-30(40)24-17-23(13-15-34-24)44-22-7-5-21(33)6-8-22/h4-9,13,15-17,25H,10-11,18-19H2,1-3H3,(H,35,40)(H,37,38). The molecule has 2 amide bonds. The van der Waals surface area contributed by atoms with Gasteiger partial charge in [-0.25, -0.2) is 4.39 Å². The first-order chi connectivity index (χ1) is 20.9. The zero-order valence-corrected chi connectivity index (χ0v) is 24.3. The molecule has 2 aromatic carbocycles. The molecule has 2 heterocycles. The molecule has 228 valence electrons. The number of aliphatic carboxylic acids is 1. The number of nitrogens with zero attached hydrogens (tertiary/aromatic N) is 2. The Morgan fingerprint density at radius 2 is 1.86 bits per heavy atom. The minimum absolute atomic E-state index is 0.00886. The van der Waals surface area contributed by atoms with E-state index in [2.05, 4.69) is 22.1 Å². The number of carboxylic acid groups (broad SMARTS) is 1. The summed E-state index contributed by atoms with van der Waals surface area (Å²) in [6.45, 7) is 3.40. The van der Waals surface area contributed by atoms with E-state index in [9.17, 15) is 23.6 Å². The highest BCUT2D eigenvalue weighted by Crippen LogP contribution is 2.32. The smallest absolute Gasteiger partial charge is 0.306 e. The predicted molar refractivity (Wildman–Crippen MR) is 156 cm³/mol. The summed E-state index contributed by atoms with van der Waals surface area (Å²) in [4.78, 5) is 54.2. The molecule has 1 aliphatic rings. The van der Waals surface area contributed by atoms with Crippen molar-refractivity contribution in [3.8, 4) is 29.1 Å². The van der Waals surface area contributed by atoms with Crippen molar-refractivity contribution in [1.29, 1.82) is 0 Å². The van der Waals surface area contributed by atoms with Crippen molar-refractivity contribution in [2.45, 2.75) is 32.7 Å². The van der Waals surface area contributed by atoms with Gasteiger partial charge in [-0.3, -0.25) is 24.2 Å². The lowest BCUT2D eigenvalue weighted by Gasteiger charge is -2.20. The summed E-state index contributed by atoms with van der Waals surface area (Å²) in [6, 6.07) is 12.4. The van der Waals surface area contributed by atoms with Crippen LogP contribution in [-0.4, -0.2) is 60.1 Å². The average molecular weight is 604 g/mol. The maximum atomic E-state index is 13.3. The number of rotatable bonds is 9. The Bertz CT molecular complexity index is 1630. The molecule has 0 aliphatic carbocycles. The van der Waals surface area contributed by atoms with Gasteiger partial charge >= 0.3 is 11.9 Å². The van der Waals surface area contributed by atoms with Crippen LogP contribution in [0.15, 0.2) is 60.8 Å². The zero-order chi connectivity index (χ0) is 31.9. The lowest BCUT2D eigenvalue weighted by atomic mass is 9.95. The molecular formula is C32H30FN3O8. The van der Waals surface area contributed by atoms with Crippen LogP contribution in [0.25, 0.3) is 0 Å². The summed E-state index contributed by atoms with van der Waals surface area (Å²) in [5.74, 6) is 4.01. The lowest BCUT2D eigenvalue weighted by Crippen LogP contribution is -2.49. The highest BCUT2D eigenvalue weighted by atomic mass is 19.1. The van der Waals surface area contributed by atoms with Crippen LogP contribution < -0.4 is 19.7 Å². The summed E-state index contributed by atoms with van der Waals surface area (Å²) >= 11 is 0. The minimum atomic E-state index is -1.08. The van der Waals surface area contributed by atoms with Crippen LogP contribution in [-0.2, 0) is 19.1 Å². The van der Waals surface area contributed by atoms with E-state index in [4.69, 9.17) is 19.3 Å². The number of aromatic nitrogens is 1. The molecule has 11 nitrogen and oxygen atoms in total. The second-order valence-corrected chi connectivity index (χ2v) is 10.5. The number of hydrogen-bond acceptors (Lipinski definition) is 8. The van der Waals surface area contributed by atoms with Crippen LogP contribution in [0.1, 0.15) is 42.7 Å². The van der Waals surface area contributed by atoms with Crippen molar-refractivity contribution in [3.63, 3.8) is 0 Å². The molecule has 0 saturated heterocycles. The summed E-state index contributed by atoms with van der Waals surface area (Å²) in [7, 11) is 1.56. The normalized spacial score (nSPS) is 14.2. The second-order valence-electron chi connectivity index (χ2n) is 10.5. The Balaban J connectivity index is 1.40. The molecule has 1 aromatic heterocycles. The van der Waals surface area contributed by atoms with Gasteiger partial charge in [0.2, 0.25) is 0 Å². The Hall–Kier alpha value is -5.44. The van der Waals surface area contributed by atoms with Crippen molar-refractivity contribution in [3.05, 3.63) is 77.9 Å². The molecule has 1 atom stereocenters. The molecule has 12 heteroatoms. The summed E-state index contributed by atoms with van der Waals surface area (Å²) < 4.78 is 29.9. The monoisotopic (exact) mass is 603 g/mol. The Morgan fingerprint density at radius 3 is 2.59 bits per heavy atom. The van der Waals surface area contributed by atoms with Gasteiger partial charge in [-0.1, -0.05) is 11.8 Å². The topological polar surface area (TPSA) is 144 Å². The van der Waals surface area contributed by atoms with Crippen molar-refractivity contribution in [2.75, 3.05) is 25.2 Å². The van der Waals surface area contributed by atoms with Gasteiger partial charge in [0.25, 0.3) is 11.8 Å². The maximum Gasteiger partial charge on any atom is 0.306 e. The van der Waals surface area contributed by atoms with E-state index < -0.39 is 41.0 Å². The van der Waals surface area contributed by atoms with E-state index in [-0.39, 0.29) is 31.7 Å². The molecule has 0 saturated carbocycles. The highest BCUT2D eigenvalue weighted by Gasteiger charge is 2.31. The van der Waals surface area contributed by atoms with Gasteiger partial charge in [-0.05, 0) is 62.4 Å². The van der Waals surface area contributed by atoms with Gasteiger partial charge in [-0.2, -0.15) is 0 Å². The van der Waals surface area contributed by atoms with Gasteiger partial charge in [0.1, 0.15) is 48.0 Å². The number of carbonyl (C=O) groups is 4. The maximum absolute atomic E-state index is 13.3. The fraction of sp³-hybridized carbons (Fsp3) is 0.281. The average Bonchev–Trinajstić information content (AvgIpc) is 3.11. The fourth-order valence-corrected chi connectivity index (χ4v) is 3.97. The van der Waals surface area contributed by atoms with Crippen molar-refractivity contribution in [1.82, 2.24) is 10.3 Å². The third kappa shape index (κ3) is 8.54. The first kappa shape index (κ1) is 31.5. The molecule has 4 rings (SSSR count). The van der Waals surface area contributed by atoms with Crippen molar-refractivity contribution < 1.29 is 42.9 Å². The van der Waals surface area contributed by atoms with E-state index in [0.29, 0.717) is 28.5 Å². The van der Waals surface area contributed by atoms with Gasteiger partial charge in [0.05, 0.1) is 23.9 Å². The number of carboxylic acids is 1. The number of hydrogen-bond donors (Lipinski definition) is 2. The third-order valence-electron chi connectivity index (χ3n) is 6.36. The highest BCUT2D eigenvalue weighted by molar-refractivity contribution is 6.03. The zero-order valence-electron chi connectivity index (χ0n) is 24.3. The summed E-state index contributed by atoms with van der Waals surface area (Å²) in [5, 5.41) is 11.4. The van der Waals surface area contributed by atoms with Crippen LogP contribution in [0.5, 0.6) is 17.2 Å². The Kier molecular flexibility index (Phi) is 9.80. The van der Waals surface area contributed by atoms with E-state index in [1.807, 2.05) is 0 Å². The van der Waals surface area contributed by atoms with Crippen LogP contribution in [0.4, 0.5) is 10.1 Å². The van der Waals surface area contributed by atoms with Gasteiger partial charge < -0.3 is 29.5 Å². The number of esters is 1. The molecule has 3 aromatic rings. The SMILES string of the molecule is CN1C(=O)C(NC(=O)c2cc(Oc3ccc(F)cc3)ccn2)COc2ccc(C#CC(C)(C)COC(=O)CCC(=O)O)cc21. The van der Waals surface area contributed by atoms with Crippen molar-refractivity contribution in [2.24, 2.45) is 5.41 Å². The number of nitrogens with one attached hydrogen (secondary N) is 1. The number of anilines is 1. The van der Waals surface area contributed by atoms with E-state index in [1.165, 1.54) is 41.4 Å². The summed E-state index contributed by atoms with van der Waals surface area (Å²) in [6.07, 6.45) is 0.853. The molecule has 0 fully saturated rings. The molecule has 44 heavy (non-hydrogen) atoms. The van der Waals surface area contributed by atoms with Crippen LogP contribution in [0, 0.1) is 23.1 Å². The molecule has 2 N–H and O–H groups in total. The van der Waals surface area contributed by atoms with Gasteiger partial charge in [0.15, 0.2) is 0 Å². The quantitative estimate of drug-likeness (QED) is 0.274. The van der Waals surface area contributed by atoms with Crippen LogP contribution in [0.3, 0.4) is 0 Å². The third-order valence-corrected chi connectivity index (χ3v) is 6.36. The second kappa shape index (κ2) is 13.7. The fourth-order valence-electron chi connectivity index (χ4n) is 3.97. The molecule has 0 spiro atoms. The van der Waals surface area contributed by atoms with Gasteiger partial charge in [0, 0.05) is 24.9 Å². The number of fused-ring (bicyclic) bond motifs is 1. The molecule has 0 bridgehead atoms.